The van der Waals surface area contributed by atoms with Crippen LogP contribution < -0.4 is 4.90 Å². The SMILES string of the molecule is C.CN(C(=O)C(F)F)[C@@H]1CCN(c2ncnc3[nH]ccc23)C1. The molecular weight excluding hydrogens is 292 g/mol. The van der Waals surface area contributed by atoms with Crippen LogP contribution in [0.25, 0.3) is 11.0 Å². The number of carbonyl (C=O) groups excluding carboxylic acids is 1. The van der Waals surface area contributed by atoms with Crippen LogP contribution in [0.3, 0.4) is 0 Å². The van der Waals surface area contributed by atoms with E-state index in [0.29, 0.717) is 19.5 Å². The fraction of sp³-hybridized carbons (Fsp3) is 0.500. The second kappa shape index (κ2) is 6.25. The van der Waals surface area contributed by atoms with Gasteiger partial charge in [0.2, 0.25) is 0 Å². The Balaban J connectivity index is 0.00000176. The second-order valence-corrected chi connectivity index (χ2v) is 5.08. The van der Waals surface area contributed by atoms with Gasteiger partial charge in [-0.15, -0.1) is 0 Å². The van der Waals surface area contributed by atoms with E-state index in [4.69, 9.17) is 0 Å². The maximum Gasteiger partial charge on any atom is 0.315 e. The van der Waals surface area contributed by atoms with Gasteiger partial charge < -0.3 is 14.8 Å². The summed E-state index contributed by atoms with van der Waals surface area (Å²) in [5.41, 5.74) is 0.737. The van der Waals surface area contributed by atoms with Crippen LogP contribution in [0.4, 0.5) is 14.6 Å². The minimum absolute atomic E-state index is 0. The van der Waals surface area contributed by atoms with E-state index in [1.165, 1.54) is 13.4 Å². The van der Waals surface area contributed by atoms with Crippen LogP contribution in [0.1, 0.15) is 13.8 Å². The molecule has 3 rings (SSSR count). The zero-order chi connectivity index (χ0) is 15.0. The molecule has 0 saturated carbocycles. The van der Waals surface area contributed by atoms with Gasteiger partial charge in [-0.25, -0.2) is 9.97 Å². The lowest BCUT2D eigenvalue weighted by Crippen LogP contribution is -2.42. The number of hydrogen-bond donors (Lipinski definition) is 1. The topological polar surface area (TPSA) is 65.1 Å². The van der Waals surface area contributed by atoms with Crippen molar-refractivity contribution in [1.29, 1.82) is 0 Å². The maximum atomic E-state index is 12.5. The number of carbonyl (C=O) groups is 1. The fourth-order valence-corrected chi connectivity index (χ4v) is 2.69. The van der Waals surface area contributed by atoms with Crippen LogP contribution in [0, 0.1) is 0 Å². The van der Waals surface area contributed by atoms with Gasteiger partial charge in [0, 0.05) is 26.3 Å². The molecule has 2 aromatic heterocycles. The Kier molecular flexibility index (Phi) is 4.58. The number of hydrogen-bond acceptors (Lipinski definition) is 4. The summed E-state index contributed by atoms with van der Waals surface area (Å²) < 4.78 is 25.0. The van der Waals surface area contributed by atoms with E-state index in [9.17, 15) is 13.6 Å². The molecule has 0 spiro atoms. The van der Waals surface area contributed by atoms with Crippen molar-refractivity contribution in [3.8, 4) is 0 Å². The summed E-state index contributed by atoms with van der Waals surface area (Å²) in [5, 5.41) is 0.890. The number of aromatic amines is 1. The average molecular weight is 311 g/mol. The molecule has 2 aromatic rings. The van der Waals surface area contributed by atoms with E-state index in [0.717, 1.165) is 21.8 Å². The van der Waals surface area contributed by atoms with Gasteiger partial charge in [0.25, 0.3) is 5.91 Å². The van der Waals surface area contributed by atoms with E-state index in [-0.39, 0.29) is 13.5 Å². The molecule has 0 radical (unpaired) electrons. The Bertz CT molecular complexity index is 659. The molecule has 8 heteroatoms. The Morgan fingerprint density at radius 1 is 1.50 bits per heavy atom. The molecule has 1 atom stereocenters. The summed E-state index contributed by atoms with van der Waals surface area (Å²) in [5.74, 6) is -0.363. The third-order valence-corrected chi connectivity index (χ3v) is 3.88. The highest BCUT2D eigenvalue weighted by Crippen LogP contribution is 2.27. The lowest BCUT2D eigenvalue weighted by atomic mass is 10.2. The largest absolute Gasteiger partial charge is 0.354 e. The molecular formula is C14H19F2N5O. The van der Waals surface area contributed by atoms with Crippen LogP contribution in [0.5, 0.6) is 0 Å². The number of halogens is 2. The molecule has 1 amide bonds. The van der Waals surface area contributed by atoms with Crippen molar-refractivity contribution < 1.29 is 13.6 Å². The fourth-order valence-electron chi connectivity index (χ4n) is 2.69. The first-order valence-electron chi connectivity index (χ1n) is 6.66. The minimum Gasteiger partial charge on any atom is -0.354 e. The number of aromatic nitrogens is 3. The number of nitrogens with one attached hydrogen (secondary N) is 1. The first-order chi connectivity index (χ1) is 10.1. The van der Waals surface area contributed by atoms with Crippen molar-refractivity contribution in [1.82, 2.24) is 19.9 Å². The maximum absolute atomic E-state index is 12.5. The van der Waals surface area contributed by atoms with E-state index in [1.54, 1.807) is 6.20 Å². The highest BCUT2D eigenvalue weighted by molar-refractivity contribution is 5.87. The van der Waals surface area contributed by atoms with E-state index in [1.807, 2.05) is 11.0 Å². The summed E-state index contributed by atoms with van der Waals surface area (Å²) in [6.07, 6.45) is 0.933. The van der Waals surface area contributed by atoms with Gasteiger partial charge >= 0.3 is 6.43 Å². The van der Waals surface area contributed by atoms with Gasteiger partial charge in [0.15, 0.2) is 0 Å². The van der Waals surface area contributed by atoms with Crippen LogP contribution in [-0.4, -0.2) is 58.4 Å². The molecule has 1 N–H and O–H groups in total. The molecule has 120 valence electrons. The molecule has 1 saturated heterocycles. The standard InChI is InChI=1S/C13H15F2N5O.CH4/c1-19(13(21)10(14)15)8-3-5-20(6-8)12-9-2-4-16-11(9)17-7-18-12;/h2,4,7-8,10H,3,5-6H2,1H3,(H,16,17,18);1H4/t8-;/m1./s1. The van der Waals surface area contributed by atoms with Crippen LogP contribution in [-0.2, 0) is 4.79 Å². The highest BCUT2D eigenvalue weighted by atomic mass is 19.3. The van der Waals surface area contributed by atoms with E-state index >= 15 is 0 Å². The second-order valence-electron chi connectivity index (χ2n) is 5.08. The molecule has 22 heavy (non-hydrogen) atoms. The summed E-state index contributed by atoms with van der Waals surface area (Å²) in [6.45, 7) is 1.16. The number of alkyl halides is 2. The quantitative estimate of drug-likeness (QED) is 0.940. The van der Waals surface area contributed by atoms with Crippen LogP contribution >= 0.6 is 0 Å². The molecule has 1 aliphatic rings. The van der Waals surface area contributed by atoms with Gasteiger partial charge in [0.05, 0.1) is 11.4 Å². The molecule has 0 aromatic carbocycles. The zero-order valence-corrected chi connectivity index (χ0v) is 11.5. The van der Waals surface area contributed by atoms with Gasteiger partial charge in [-0.2, -0.15) is 8.78 Å². The summed E-state index contributed by atoms with van der Waals surface area (Å²) >= 11 is 0. The average Bonchev–Trinajstić information content (AvgIpc) is 3.13. The van der Waals surface area contributed by atoms with Crippen molar-refractivity contribution >= 4 is 22.8 Å². The third kappa shape index (κ3) is 2.72. The van der Waals surface area contributed by atoms with Gasteiger partial charge in [-0.1, -0.05) is 7.43 Å². The van der Waals surface area contributed by atoms with Crippen LogP contribution in [0.15, 0.2) is 18.6 Å². The Labute approximate surface area is 127 Å². The number of rotatable bonds is 3. The molecule has 0 bridgehead atoms. The highest BCUT2D eigenvalue weighted by Gasteiger charge is 2.32. The minimum atomic E-state index is -2.96. The van der Waals surface area contributed by atoms with Crippen molar-refractivity contribution in [2.24, 2.45) is 0 Å². The van der Waals surface area contributed by atoms with Crippen molar-refractivity contribution in [3.05, 3.63) is 18.6 Å². The number of amides is 1. The number of H-pyrrole nitrogens is 1. The van der Waals surface area contributed by atoms with Crippen LogP contribution in [0.2, 0.25) is 0 Å². The predicted octanol–water partition coefficient (Wildman–Crippen LogP) is 1.90. The third-order valence-electron chi connectivity index (χ3n) is 3.88. The Hall–Kier alpha value is -2.25. The zero-order valence-electron chi connectivity index (χ0n) is 11.5. The monoisotopic (exact) mass is 311 g/mol. The van der Waals surface area contributed by atoms with Crippen molar-refractivity contribution in [2.45, 2.75) is 26.3 Å². The molecule has 6 nitrogen and oxygen atoms in total. The van der Waals surface area contributed by atoms with Gasteiger partial charge in [0.1, 0.15) is 17.8 Å². The summed E-state index contributed by atoms with van der Waals surface area (Å²) in [4.78, 5) is 25.9. The number of anilines is 1. The number of likely N-dealkylation sites (N-methyl/N-ethyl adjacent to an activating group) is 1. The molecule has 3 heterocycles. The van der Waals surface area contributed by atoms with Crippen molar-refractivity contribution in [3.63, 3.8) is 0 Å². The smallest absolute Gasteiger partial charge is 0.315 e. The first kappa shape index (κ1) is 16.1. The summed E-state index contributed by atoms with van der Waals surface area (Å²) in [7, 11) is 1.43. The number of nitrogens with zero attached hydrogens (tertiary/aromatic N) is 4. The molecule has 0 aliphatic carbocycles. The van der Waals surface area contributed by atoms with E-state index < -0.39 is 12.3 Å². The predicted molar refractivity (Wildman–Crippen MR) is 80.0 cm³/mol. The van der Waals surface area contributed by atoms with Gasteiger partial charge in [-0.05, 0) is 12.5 Å². The lowest BCUT2D eigenvalue weighted by molar-refractivity contribution is -0.143. The lowest BCUT2D eigenvalue weighted by Gasteiger charge is -2.25. The number of fused-ring (bicyclic) bond motifs is 1. The van der Waals surface area contributed by atoms with E-state index in [2.05, 4.69) is 15.0 Å². The Morgan fingerprint density at radius 2 is 2.27 bits per heavy atom. The first-order valence-corrected chi connectivity index (χ1v) is 6.66. The normalized spacial score (nSPS) is 17.8. The molecule has 1 fully saturated rings. The Morgan fingerprint density at radius 3 is 3.00 bits per heavy atom. The van der Waals surface area contributed by atoms with Crippen molar-refractivity contribution in [2.75, 3.05) is 25.0 Å². The summed E-state index contributed by atoms with van der Waals surface area (Å²) in [6, 6.07) is 1.65. The van der Waals surface area contributed by atoms with Gasteiger partial charge in [-0.3, -0.25) is 4.79 Å². The molecule has 1 aliphatic heterocycles. The molecule has 0 unspecified atom stereocenters.